The summed E-state index contributed by atoms with van der Waals surface area (Å²) in [5.41, 5.74) is 2.36. The van der Waals surface area contributed by atoms with Crippen LogP contribution < -0.4 is 20.3 Å². The van der Waals surface area contributed by atoms with Gasteiger partial charge in [-0.1, -0.05) is 128 Å². The third-order valence-electron chi connectivity index (χ3n) is 14.1. The van der Waals surface area contributed by atoms with E-state index in [-0.39, 0.29) is 29.6 Å². The highest BCUT2D eigenvalue weighted by Crippen LogP contribution is 2.66. The third kappa shape index (κ3) is 8.59. The summed E-state index contributed by atoms with van der Waals surface area (Å²) in [5.74, 6) is 2.05. The van der Waals surface area contributed by atoms with Crippen molar-refractivity contribution in [2.75, 3.05) is 30.5 Å². The number of thiazole rings is 1. The summed E-state index contributed by atoms with van der Waals surface area (Å²) in [6.45, 7) is 3.29. The number of para-hydroxylation sites is 1. The van der Waals surface area contributed by atoms with Crippen LogP contribution in [0.2, 0.25) is 0 Å². The summed E-state index contributed by atoms with van der Waals surface area (Å²) in [7, 11) is 1.22. The molecule has 0 saturated carbocycles. The molecule has 14 nitrogen and oxygen atoms in total. The van der Waals surface area contributed by atoms with Crippen LogP contribution in [-0.2, 0) is 34.1 Å². The molecular weight excluding hydrogens is 931 g/mol. The van der Waals surface area contributed by atoms with Crippen LogP contribution in [0.4, 0.5) is 15.6 Å². The highest BCUT2D eigenvalue weighted by atomic mass is 32.1. The van der Waals surface area contributed by atoms with Gasteiger partial charge in [0.05, 0.1) is 47.6 Å². The average Bonchev–Trinajstić information content (AvgIpc) is 4.05. The number of aromatic nitrogens is 1. The molecule has 3 N–H and O–H groups in total. The Kier molecular flexibility index (Phi) is 13.5. The molecule has 4 amide bonds. The van der Waals surface area contributed by atoms with Crippen molar-refractivity contribution >= 4 is 62.2 Å². The van der Waals surface area contributed by atoms with E-state index in [1.54, 1.807) is 56.3 Å². The fourth-order valence-corrected chi connectivity index (χ4v) is 11.8. The fourth-order valence-electron chi connectivity index (χ4n) is 10.9. The number of benzene rings is 5. The molecule has 72 heavy (non-hydrogen) atoms. The van der Waals surface area contributed by atoms with E-state index in [9.17, 15) is 9.90 Å². The Labute approximate surface area is 421 Å². The summed E-state index contributed by atoms with van der Waals surface area (Å²) in [6, 6.07) is 32.8. The molecule has 4 heterocycles. The molecule has 366 valence electrons. The molecule has 1 spiro atoms. The van der Waals surface area contributed by atoms with Crippen LogP contribution in [0.1, 0.15) is 85.5 Å². The van der Waals surface area contributed by atoms with Gasteiger partial charge in [0, 0.05) is 5.56 Å². The highest BCUT2D eigenvalue weighted by molar-refractivity contribution is 7.22. The van der Waals surface area contributed by atoms with E-state index in [2.05, 4.69) is 28.6 Å². The third-order valence-corrected chi connectivity index (χ3v) is 15.0. The van der Waals surface area contributed by atoms with Crippen LogP contribution in [0.15, 0.2) is 139 Å². The Hall–Kier alpha value is -7.64. The first-order valence-electron chi connectivity index (χ1n) is 24.2. The van der Waals surface area contributed by atoms with Gasteiger partial charge in [-0.2, -0.15) is 0 Å². The Balaban J connectivity index is 1.27. The number of carbonyl (C=O) groups is 5. The number of carbonyl (C=O) groups excluding carboxylic acids is 5. The number of nitrogens with one attached hydrogen (secondary N) is 2. The van der Waals surface area contributed by atoms with Crippen molar-refractivity contribution < 1.29 is 43.3 Å². The van der Waals surface area contributed by atoms with E-state index in [0.717, 1.165) is 46.4 Å². The molecule has 10 rings (SSSR count). The quantitative estimate of drug-likeness (QED) is 0.0836. The molecule has 7 atom stereocenters. The van der Waals surface area contributed by atoms with Crippen molar-refractivity contribution in [3.8, 4) is 17.6 Å². The number of ether oxygens (including phenoxy) is 3. The van der Waals surface area contributed by atoms with Gasteiger partial charge >= 0.3 is 18.0 Å². The average molecular weight is 984 g/mol. The number of nitrogens with zero attached hydrogens (tertiary/aromatic N) is 3. The number of hydrogen-bond acceptors (Lipinski definition) is 12. The normalized spacial score (nSPS) is 22.8. The molecule has 5 aromatic carbocycles. The number of allylic oxidation sites excluding steroid dienone is 2. The van der Waals surface area contributed by atoms with E-state index < -0.39 is 77.3 Å². The number of hydrogen-bond donors (Lipinski definition) is 3. The maximum Gasteiger partial charge on any atom is 0.329 e. The number of morpholine rings is 1. The first kappa shape index (κ1) is 48.0. The van der Waals surface area contributed by atoms with Gasteiger partial charge in [0.15, 0.2) is 5.13 Å². The van der Waals surface area contributed by atoms with Crippen molar-refractivity contribution in [1.82, 2.24) is 15.2 Å². The number of urea groups is 1. The first-order chi connectivity index (χ1) is 35.0. The lowest BCUT2D eigenvalue weighted by Gasteiger charge is -2.46. The van der Waals surface area contributed by atoms with Crippen LogP contribution >= 0.6 is 11.3 Å². The number of aliphatic hydroxyl groups is 1. The maximum absolute atomic E-state index is 16.8. The zero-order valence-corrected chi connectivity index (χ0v) is 40.8. The van der Waals surface area contributed by atoms with Gasteiger partial charge in [0.2, 0.25) is 11.8 Å². The molecule has 2 saturated heterocycles. The van der Waals surface area contributed by atoms with E-state index >= 15 is 19.2 Å². The molecular formula is C57H53N5O9S. The zero-order valence-electron chi connectivity index (χ0n) is 39.9. The van der Waals surface area contributed by atoms with Crippen LogP contribution in [-0.4, -0.2) is 77.2 Å². The number of esters is 2. The molecule has 0 radical (unpaired) electrons. The largest absolute Gasteiger partial charge is 0.491 e. The number of methoxy groups -OCH3 is 1. The monoisotopic (exact) mass is 983 g/mol. The van der Waals surface area contributed by atoms with Crippen molar-refractivity contribution in [1.29, 1.82) is 0 Å². The second kappa shape index (κ2) is 20.2. The van der Waals surface area contributed by atoms with Gasteiger partial charge in [0.25, 0.3) is 0 Å². The van der Waals surface area contributed by atoms with E-state index in [0.29, 0.717) is 28.0 Å². The topological polar surface area (TPSA) is 177 Å². The minimum Gasteiger partial charge on any atom is -0.491 e. The fraction of sp³-hybridized carbons (Fsp3) is 0.298. The molecule has 6 aromatic rings. The number of cyclic esters (lactones) is 1. The van der Waals surface area contributed by atoms with Crippen molar-refractivity contribution in [3.63, 3.8) is 0 Å². The van der Waals surface area contributed by atoms with E-state index in [4.69, 9.17) is 19.2 Å². The van der Waals surface area contributed by atoms with Crippen LogP contribution in [0, 0.1) is 23.7 Å². The van der Waals surface area contributed by atoms with Crippen molar-refractivity contribution in [2.45, 2.75) is 75.2 Å². The minimum atomic E-state index is -2.11. The van der Waals surface area contributed by atoms with Gasteiger partial charge < -0.3 is 30.0 Å². The number of fused-ring (bicyclic) bond motifs is 4. The Morgan fingerprint density at radius 3 is 2.28 bits per heavy atom. The second-order valence-corrected chi connectivity index (χ2v) is 19.7. The molecule has 3 aliphatic heterocycles. The van der Waals surface area contributed by atoms with Gasteiger partial charge in [0.1, 0.15) is 36.0 Å². The maximum atomic E-state index is 16.8. The number of anilines is 2. The summed E-state index contributed by atoms with van der Waals surface area (Å²) < 4.78 is 18.4. The lowest BCUT2D eigenvalue weighted by molar-refractivity contribution is -0.177. The molecule has 1 aliphatic carbocycles. The molecule has 0 unspecified atom stereocenters. The molecule has 0 bridgehead atoms. The summed E-state index contributed by atoms with van der Waals surface area (Å²) in [6.07, 6.45) is 5.00. The lowest BCUT2D eigenvalue weighted by atomic mass is 9.65. The summed E-state index contributed by atoms with van der Waals surface area (Å²) in [5, 5.41) is 15.7. The van der Waals surface area contributed by atoms with Gasteiger partial charge in [-0.05, 0) is 102 Å². The standard InChI is InChI=1S/C57H53N5O9S/c1-34(2)46(52(65)69-3)59-56(68)61-43-30-25-36(24-23-35-15-7-4-8-16-35)33-41(43)57(54(61)67)45(51(64)60-55-58-42-21-13-14-22-44(42)72-55)48-53(66)71-49(38-19-11-6-12-20-38)47(37-17-9-5-10-18-37)62(48)50(57)39-26-28-40(29-27-39)70-32-31-63/h5-6,9-15,17-22,25-30,33-34,45-50,63H,4,7-8,16,31-32H2,1-3H3,(H,59,68)(H,58,60,64)/t45-,46+,47-,48-,49+,50+,57-/m1/s1. The number of imide groups is 1. The van der Waals surface area contributed by atoms with E-state index in [1.165, 1.54) is 18.4 Å². The minimum absolute atomic E-state index is 0.0230. The van der Waals surface area contributed by atoms with Gasteiger partial charge in [-0.3, -0.25) is 19.3 Å². The molecule has 2 fully saturated rings. The lowest BCUT2D eigenvalue weighted by Crippen LogP contribution is -2.57. The second-order valence-electron chi connectivity index (χ2n) is 18.7. The molecule has 15 heteroatoms. The smallest absolute Gasteiger partial charge is 0.329 e. The summed E-state index contributed by atoms with van der Waals surface area (Å²) in [4.78, 5) is 84.5. The number of rotatable bonds is 11. The van der Waals surface area contributed by atoms with Crippen LogP contribution in [0.3, 0.4) is 0 Å². The highest BCUT2D eigenvalue weighted by Gasteiger charge is 2.75. The van der Waals surface area contributed by atoms with Gasteiger partial charge in [-0.15, -0.1) is 0 Å². The van der Waals surface area contributed by atoms with E-state index in [1.807, 2.05) is 89.8 Å². The Morgan fingerprint density at radius 1 is 0.875 bits per heavy atom. The zero-order chi connectivity index (χ0) is 50.1. The molecule has 4 aliphatic rings. The Morgan fingerprint density at radius 2 is 1.60 bits per heavy atom. The SMILES string of the molecule is COC(=O)[C@@H](NC(=O)N1C(=O)[C@@]2(c3cc(C#CC4=CCCCC4)ccc31)[C@H](c1ccc(OCCO)cc1)N1[C@H](c3ccccc3)[C@H](c3ccccc3)OC(=O)[C@H]1[C@@H]2C(=O)Nc1nc2ccccc2s1)C(C)C. The van der Waals surface area contributed by atoms with Crippen LogP contribution in [0.5, 0.6) is 5.75 Å². The number of amides is 4. The number of aliphatic hydroxyl groups excluding tert-OH is 1. The Bertz CT molecular complexity index is 3120. The predicted octanol–water partition coefficient (Wildman–Crippen LogP) is 8.73. The predicted molar refractivity (Wildman–Crippen MR) is 272 cm³/mol. The van der Waals surface area contributed by atoms with Crippen LogP contribution in [0.25, 0.3) is 10.2 Å². The van der Waals surface area contributed by atoms with Crippen molar-refractivity contribution in [2.24, 2.45) is 11.8 Å². The first-order valence-corrected chi connectivity index (χ1v) is 25.0. The van der Waals surface area contributed by atoms with Crippen molar-refractivity contribution in [3.05, 3.63) is 167 Å². The molecule has 1 aromatic heterocycles. The summed E-state index contributed by atoms with van der Waals surface area (Å²) >= 11 is 1.24. The van der Waals surface area contributed by atoms with Gasteiger partial charge in [-0.25, -0.2) is 19.5 Å².